The van der Waals surface area contributed by atoms with Gasteiger partial charge in [0, 0.05) is 20.1 Å². The van der Waals surface area contributed by atoms with Crippen LogP contribution in [-0.4, -0.2) is 48.1 Å². The molecule has 0 unspecified atom stereocenters. The van der Waals surface area contributed by atoms with E-state index in [4.69, 9.17) is 4.74 Å². The standard InChI is InChI=1S/C14H26N2O3/c1-6-14(7-2)12(18)16(9-8-11(17)15-14)13(3,4)10-19-5/h6-10H2,1-5H3,(H,15,17). The molecule has 1 heterocycles. The van der Waals surface area contributed by atoms with Gasteiger partial charge in [0.25, 0.3) is 0 Å². The second-order valence-corrected chi connectivity index (χ2v) is 5.79. The molecule has 2 amide bonds. The van der Waals surface area contributed by atoms with Crippen molar-refractivity contribution >= 4 is 11.8 Å². The summed E-state index contributed by atoms with van der Waals surface area (Å²) in [6, 6.07) is 0. The Morgan fingerprint density at radius 3 is 2.37 bits per heavy atom. The first-order chi connectivity index (χ1) is 8.83. The number of hydrogen-bond acceptors (Lipinski definition) is 3. The minimum atomic E-state index is -0.765. The maximum absolute atomic E-state index is 12.9. The van der Waals surface area contributed by atoms with Crippen LogP contribution in [0.5, 0.6) is 0 Å². The second-order valence-electron chi connectivity index (χ2n) is 5.79. The Labute approximate surface area is 115 Å². The molecule has 1 fully saturated rings. The van der Waals surface area contributed by atoms with Gasteiger partial charge in [0.15, 0.2) is 0 Å². The Hall–Kier alpha value is -1.10. The molecule has 1 N–H and O–H groups in total. The Kier molecular flexibility index (Phi) is 4.96. The van der Waals surface area contributed by atoms with E-state index in [0.717, 1.165) is 0 Å². The van der Waals surface area contributed by atoms with Crippen LogP contribution in [0.1, 0.15) is 47.0 Å². The largest absolute Gasteiger partial charge is 0.382 e. The zero-order valence-electron chi connectivity index (χ0n) is 12.7. The van der Waals surface area contributed by atoms with E-state index in [1.54, 1.807) is 12.0 Å². The van der Waals surface area contributed by atoms with E-state index in [0.29, 0.717) is 32.4 Å². The summed E-state index contributed by atoms with van der Waals surface area (Å²) in [5, 5.41) is 2.91. The molecular formula is C14H26N2O3. The van der Waals surface area contributed by atoms with E-state index in [2.05, 4.69) is 5.32 Å². The minimum absolute atomic E-state index is 0.00500. The van der Waals surface area contributed by atoms with Crippen molar-refractivity contribution in [3.63, 3.8) is 0 Å². The summed E-state index contributed by atoms with van der Waals surface area (Å²) in [5.74, 6) is -0.0434. The number of ether oxygens (including phenoxy) is 1. The number of nitrogens with zero attached hydrogens (tertiary/aromatic N) is 1. The molecule has 0 atom stereocenters. The Bertz CT molecular complexity index is 349. The van der Waals surface area contributed by atoms with Gasteiger partial charge in [0.05, 0.1) is 12.1 Å². The van der Waals surface area contributed by atoms with E-state index in [-0.39, 0.29) is 11.8 Å². The molecule has 0 radical (unpaired) electrons. The molecule has 110 valence electrons. The van der Waals surface area contributed by atoms with Gasteiger partial charge in [-0.05, 0) is 26.7 Å². The first-order valence-electron chi connectivity index (χ1n) is 6.95. The lowest BCUT2D eigenvalue weighted by atomic mass is 9.89. The summed E-state index contributed by atoms with van der Waals surface area (Å²) >= 11 is 0. The highest BCUT2D eigenvalue weighted by Crippen LogP contribution is 2.27. The lowest BCUT2D eigenvalue weighted by Gasteiger charge is -2.42. The third-order valence-electron chi connectivity index (χ3n) is 4.03. The highest BCUT2D eigenvalue weighted by atomic mass is 16.5. The van der Waals surface area contributed by atoms with Crippen molar-refractivity contribution in [1.82, 2.24) is 10.2 Å². The van der Waals surface area contributed by atoms with Gasteiger partial charge in [-0.15, -0.1) is 0 Å². The number of hydrogen-bond donors (Lipinski definition) is 1. The fraction of sp³-hybridized carbons (Fsp3) is 0.857. The third kappa shape index (κ3) is 3.08. The minimum Gasteiger partial charge on any atom is -0.382 e. The summed E-state index contributed by atoms with van der Waals surface area (Å²) in [6.07, 6.45) is 1.56. The lowest BCUT2D eigenvalue weighted by molar-refractivity contribution is -0.145. The Morgan fingerprint density at radius 2 is 1.89 bits per heavy atom. The van der Waals surface area contributed by atoms with E-state index < -0.39 is 11.1 Å². The van der Waals surface area contributed by atoms with Crippen LogP contribution in [-0.2, 0) is 14.3 Å². The topological polar surface area (TPSA) is 58.6 Å². The van der Waals surface area contributed by atoms with Crippen LogP contribution in [0.3, 0.4) is 0 Å². The second kappa shape index (κ2) is 5.90. The van der Waals surface area contributed by atoms with Crippen molar-refractivity contribution in [3.05, 3.63) is 0 Å². The number of carbonyl (C=O) groups excluding carboxylic acids is 2. The maximum atomic E-state index is 12.9. The third-order valence-corrected chi connectivity index (χ3v) is 4.03. The maximum Gasteiger partial charge on any atom is 0.248 e. The van der Waals surface area contributed by atoms with Gasteiger partial charge in [-0.2, -0.15) is 0 Å². The van der Waals surface area contributed by atoms with Crippen LogP contribution in [0.4, 0.5) is 0 Å². The Balaban J connectivity index is 3.12. The summed E-state index contributed by atoms with van der Waals surface area (Å²) in [7, 11) is 1.63. The molecule has 0 spiro atoms. The van der Waals surface area contributed by atoms with Gasteiger partial charge >= 0.3 is 0 Å². The fourth-order valence-corrected chi connectivity index (χ4v) is 2.69. The molecular weight excluding hydrogens is 244 g/mol. The van der Waals surface area contributed by atoms with Crippen molar-refractivity contribution in [2.75, 3.05) is 20.3 Å². The van der Waals surface area contributed by atoms with Crippen LogP contribution >= 0.6 is 0 Å². The van der Waals surface area contributed by atoms with Crippen LogP contribution < -0.4 is 5.32 Å². The van der Waals surface area contributed by atoms with E-state index in [1.807, 2.05) is 27.7 Å². The summed E-state index contributed by atoms with van der Waals surface area (Å²) in [4.78, 5) is 26.5. The van der Waals surface area contributed by atoms with Crippen molar-refractivity contribution in [1.29, 1.82) is 0 Å². The number of nitrogens with one attached hydrogen (secondary N) is 1. The predicted molar refractivity (Wildman–Crippen MR) is 73.7 cm³/mol. The van der Waals surface area contributed by atoms with E-state index in [1.165, 1.54) is 0 Å². The van der Waals surface area contributed by atoms with Crippen molar-refractivity contribution in [2.24, 2.45) is 0 Å². The molecule has 5 nitrogen and oxygen atoms in total. The lowest BCUT2D eigenvalue weighted by Crippen LogP contribution is -2.61. The monoisotopic (exact) mass is 270 g/mol. The zero-order valence-corrected chi connectivity index (χ0v) is 12.7. The van der Waals surface area contributed by atoms with Crippen molar-refractivity contribution in [2.45, 2.75) is 58.0 Å². The molecule has 1 aliphatic rings. The van der Waals surface area contributed by atoms with Gasteiger partial charge in [-0.25, -0.2) is 0 Å². The van der Waals surface area contributed by atoms with E-state index >= 15 is 0 Å². The SMILES string of the molecule is CCC1(CC)NC(=O)CCN(C(C)(C)COC)C1=O. The Morgan fingerprint density at radius 1 is 1.32 bits per heavy atom. The van der Waals surface area contributed by atoms with Gasteiger partial charge in [-0.1, -0.05) is 13.8 Å². The molecule has 0 aromatic rings. The average molecular weight is 270 g/mol. The fourth-order valence-electron chi connectivity index (χ4n) is 2.69. The van der Waals surface area contributed by atoms with Gasteiger partial charge in [-0.3, -0.25) is 9.59 Å². The molecule has 0 aliphatic carbocycles. The zero-order chi connectivity index (χ0) is 14.7. The summed E-state index contributed by atoms with van der Waals surface area (Å²) in [5.41, 5.74) is -1.17. The molecule has 0 aromatic carbocycles. The number of methoxy groups -OCH3 is 1. The molecule has 0 bridgehead atoms. The van der Waals surface area contributed by atoms with Crippen LogP contribution in [0.15, 0.2) is 0 Å². The van der Waals surface area contributed by atoms with Crippen LogP contribution in [0, 0.1) is 0 Å². The molecule has 1 aliphatic heterocycles. The normalized spacial score (nSPS) is 20.2. The van der Waals surface area contributed by atoms with E-state index in [9.17, 15) is 9.59 Å². The van der Waals surface area contributed by atoms with Gasteiger partial charge in [0.1, 0.15) is 5.54 Å². The first-order valence-corrected chi connectivity index (χ1v) is 6.95. The molecule has 0 saturated carbocycles. The van der Waals surface area contributed by atoms with Crippen LogP contribution in [0.2, 0.25) is 0 Å². The number of rotatable bonds is 5. The molecule has 1 saturated heterocycles. The number of carbonyl (C=O) groups is 2. The molecule has 19 heavy (non-hydrogen) atoms. The first kappa shape index (κ1) is 16.0. The molecule has 0 aromatic heterocycles. The summed E-state index contributed by atoms with van der Waals surface area (Å²) in [6.45, 7) is 8.72. The summed E-state index contributed by atoms with van der Waals surface area (Å²) < 4.78 is 5.21. The molecule has 1 rings (SSSR count). The van der Waals surface area contributed by atoms with Gasteiger partial charge in [0.2, 0.25) is 11.8 Å². The van der Waals surface area contributed by atoms with Crippen molar-refractivity contribution < 1.29 is 14.3 Å². The van der Waals surface area contributed by atoms with Crippen LogP contribution in [0.25, 0.3) is 0 Å². The van der Waals surface area contributed by atoms with Crippen molar-refractivity contribution in [3.8, 4) is 0 Å². The highest BCUT2D eigenvalue weighted by Gasteiger charge is 2.45. The molecule has 5 heteroatoms. The van der Waals surface area contributed by atoms with Gasteiger partial charge < -0.3 is 15.0 Å². The smallest absolute Gasteiger partial charge is 0.248 e. The number of amides is 2. The predicted octanol–water partition coefficient (Wildman–Crippen LogP) is 1.32. The average Bonchev–Trinajstić information content (AvgIpc) is 2.47. The quantitative estimate of drug-likeness (QED) is 0.819. The highest BCUT2D eigenvalue weighted by molar-refractivity contribution is 5.93.